The van der Waals surface area contributed by atoms with E-state index in [4.69, 9.17) is 22.1 Å². The number of amides is 2. The molecule has 2 N–H and O–H groups in total. The quantitative estimate of drug-likeness (QED) is 0.891. The van der Waals surface area contributed by atoms with Crippen molar-refractivity contribution in [2.45, 2.75) is 18.9 Å². The molecule has 2 aromatic rings. The summed E-state index contributed by atoms with van der Waals surface area (Å²) in [6.45, 7) is 0. The van der Waals surface area contributed by atoms with E-state index in [-0.39, 0.29) is 12.0 Å². The average molecular weight is 356 g/mol. The minimum Gasteiger partial charge on any atom is -0.497 e. The van der Waals surface area contributed by atoms with Crippen molar-refractivity contribution in [1.29, 1.82) is 0 Å². The molecular weight excluding hydrogens is 338 g/mol. The van der Waals surface area contributed by atoms with Crippen LogP contribution in [-0.2, 0) is 6.42 Å². The normalized spacial score (nSPS) is 21.4. The molecule has 1 aliphatic carbocycles. The molecule has 1 heterocycles. The Morgan fingerprint density at radius 2 is 2.04 bits per heavy atom. The monoisotopic (exact) mass is 355 g/mol. The van der Waals surface area contributed by atoms with Crippen molar-refractivity contribution in [2.75, 3.05) is 7.11 Å². The number of hydrogen-bond acceptors (Lipinski definition) is 3. The molecule has 2 amide bonds. The van der Waals surface area contributed by atoms with Crippen molar-refractivity contribution in [3.8, 4) is 5.75 Å². The predicted molar refractivity (Wildman–Crippen MR) is 97.0 cm³/mol. The Morgan fingerprint density at radius 3 is 2.72 bits per heavy atom. The van der Waals surface area contributed by atoms with Crippen molar-refractivity contribution in [2.24, 2.45) is 16.8 Å². The Hall–Kier alpha value is -2.53. The molecule has 0 saturated carbocycles. The molecule has 2 atom stereocenters. The van der Waals surface area contributed by atoms with Crippen LogP contribution in [0.4, 0.5) is 4.79 Å². The summed E-state index contributed by atoms with van der Waals surface area (Å²) in [6, 6.07) is 12.8. The van der Waals surface area contributed by atoms with Crippen LogP contribution >= 0.6 is 11.6 Å². The summed E-state index contributed by atoms with van der Waals surface area (Å²) in [5.41, 5.74) is 9.78. The number of benzene rings is 2. The third-order valence-electron chi connectivity index (χ3n) is 4.96. The van der Waals surface area contributed by atoms with Crippen molar-refractivity contribution < 1.29 is 9.53 Å². The van der Waals surface area contributed by atoms with Crippen molar-refractivity contribution in [1.82, 2.24) is 5.01 Å². The first-order valence-electron chi connectivity index (χ1n) is 8.18. The Morgan fingerprint density at radius 1 is 1.28 bits per heavy atom. The number of urea groups is 1. The van der Waals surface area contributed by atoms with Crippen molar-refractivity contribution in [3.63, 3.8) is 0 Å². The number of hydrogen-bond donors (Lipinski definition) is 1. The SMILES string of the molecule is COc1ccc2c(c1)CC[C@H]1C2=NN(C(N)=O)[C@@H]1c1ccc(Cl)cc1. The van der Waals surface area contributed by atoms with Gasteiger partial charge >= 0.3 is 6.03 Å². The Bertz CT molecular complexity index is 863. The van der Waals surface area contributed by atoms with Gasteiger partial charge in [0.05, 0.1) is 18.9 Å². The molecule has 2 aliphatic rings. The fraction of sp³-hybridized carbons (Fsp3) is 0.263. The van der Waals surface area contributed by atoms with E-state index in [9.17, 15) is 4.79 Å². The largest absolute Gasteiger partial charge is 0.497 e. The molecule has 6 heteroatoms. The maximum absolute atomic E-state index is 12.0. The highest BCUT2D eigenvalue weighted by Gasteiger charge is 2.43. The third-order valence-corrected chi connectivity index (χ3v) is 5.21. The molecule has 2 aromatic carbocycles. The maximum atomic E-state index is 12.0. The summed E-state index contributed by atoms with van der Waals surface area (Å²) in [5.74, 6) is 0.950. The van der Waals surface area contributed by atoms with E-state index in [2.05, 4.69) is 5.10 Å². The fourth-order valence-electron chi connectivity index (χ4n) is 3.81. The number of methoxy groups -OCH3 is 1. The highest BCUT2D eigenvalue weighted by Crippen LogP contribution is 2.43. The zero-order valence-electron chi connectivity index (χ0n) is 13.8. The second-order valence-corrected chi connectivity index (χ2v) is 6.77. The van der Waals surface area contributed by atoms with Gasteiger partial charge in [0.1, 0.15) is 5.75 Å². The van der Waals surface area contributed by atoms with E-state index in [1.807, 2.05) is 42.5 Å². The van der Waals surface area contributed by atoms with E-state index in [1.54, 1.807) is 7.11 Å². The van der Waals surface area contributed by atoms with Crippen LogP contribution in [0.1, 0.15) is 29.2 Å². The van der Waals surface area contributed by atoms with Gasteiger partial charge in [0.15, 0.2) is 0 Å². The van der Waals surface area contributed by atoms with Gasteiger partial charge in [-0.1, -0.05) is 23.7 Å². The van der Waals surface area contributed by atoms with Gasteiger partial charge in [-0.2, -0.15) is 5.10 Å². The molecule has 0 radical (unpaired) electrons. The van der Waals surface area contributed by atoms with Crippen LogP contribution in [0.3, 0.4) is 0 Å². The first-order valence-corrected chi connectivity index (χ1v) is 8.56. The van der Waals surface area contributed by atoms with E-state index in [1.165, 1.54) is 10.6 Å². The Balaban J connectivity index is 1.78. The molecule has 0 bridgehead atoms. The van der Waals surface area contributed by atoms with Gasteiger partial charge in [-0.15, -0.1) is 0 Å². The van der Waals surface area contributed by atoms with Gasteiger partial charge in [0, 0.05) is 16.5 Å². The van der Waals surface area contributed by atoms with E-state index < -0.39 is 6.03 Å². The molecule has 0 spiro atoms. The summed E-state index contributed by atoms with van der Waals surface area (Å²) < 4.78 is 5.32. The molecule has 0 aromatic heterocycles. The number of nitrogens with zero attached hydrogens (tertiary/aromatic N) is 2. The van der Waals surface area contributed by atoms with Gasteiger partial charge in [-0.05, 0) is 54.3 Å². The van der Waals surface area contributed by atoms with Crippen LogP contribution < -0.4 is 10.5 Å². The number of fused-ring (bicyclic) bond motifs is 3. The summed E-state index contributed by atoms with van der Waals surface area (Å²) in [5, 5.41) is 6.66. The number of halogens is 1. The van der Waals surface area contributed by atoms with Gasteiger partial charge in [0.25, 0.3) is 0 Å². The third kappa shape index (κ3) is 2.65. The lowest BCUT2D eigenvalue weighted by Crippen LogP contribution is -2.35. The Labute approximate surface area is 151 Å². The molecule has 5 nitrogen and oxygen atoms in total. The average Bonchev–Trinajstić information content (AvgIpc) is 3.02. The summed E-state index contributed by atoms with van der Waals surface area (Å²) in [7, 11) is 1.66. The number of hydrazone groups is 1. The summed E-state index contributed by atoms with van der Waals surface area (Å²) in [6.07, 6.45) is 1.81. The zero-order valence-corrected chi connectivity index (χ0v) is 14.5. The summed E-state index contributed by atoms with van der Waals surface area (Å²) in [4.78, 5) is 12.0. The second-order valence-electron chi connectivity index (χ2n) is 6.33. The number of carbonyl (C=O) groups excluding carboxylic acids is 1. The standard InChI is InChI=1S/C19H18ClN3O2/c1-25-14-7-9-15-12(10-14)4-8-16-17(15)22-23(19(21)24)18(16)11-2-5-13(20)6-3-11/h2-3,5-7,9-10,16,18H,4,8H2,1H3,(H2,21,24)/t16-,18+/m0/s1. The van der Waals surface area contributed by atoms with Crippen LogP contribution in [0.2, 0.25) is 5.02 Å². The lowest BCUT2D eigenvalue weighted by molar-refractivity contribution is 0.184. The van der Waals surface area contributed by atoms with Crippen molar-refractivity contribution in [3.05, 3.63) is 64.2 Å². The number of ether oxygens (including phenoxy) is 1. The summed E-state index contributed by atoms with van der Waals surface area (Å²) >= 11 is 6.00. The van der Waals surface area contributed by atoms with Crippen LogP contribution in [0, 0.1) is 5.92 Å². The molecule has 0 fully saturated rings. The lowest BCUT2D eigenvalue weighted by atomic mass is 9.77. The highest BCUT2D eigenvalue weighted by atomic mass is 35.5. The van der Waals surface area contributed by atoms with Gasteiger partial charge in [-0.3, -0.25) is 0 Å². The van der Waals surface area contributed by atoms with E-state index >= 15 is 0 Å². The molecule has 25 heavy (non-hydrogen) atoms. The first-order chi connectivity index (χ1) is 12.1. The number of rotatable bonds is 2. The van der Waals surface area contributed by atoms with E-state index in [0.29, 0.717) is 5.02 Å². The Kier molecular flexibility index (Phi) is 3.88. The number of carbonyl (C=O) groups is 1. The van der Waals surface area contributed by atoms with Gasteiger partial charge < -0.3 is 10.5 Å². The van der Waals surface area contributed by atoms with Crippen LogP contribution in [-0.4, -0.2) is 23.9 Å². The molecule has 4 rings (SSSR count). The van der Waals surface area contributed by atoms with Gasteiger partial charge in [-0.25, -0.2) is 9.80 Å². The van der Waals surface area contributed by atoms with Crippen LogP contribution in [0.5, 0.6) is 5.75 Å². The molecular formula is C19H18ClN3O2. The van der Waals surface area contributed by atoms with Crippen molar-refractivity contribution >= 4 is 23.3 Å². The lowest BCUT2D eigenvalue weighted by Gasteiger charge is -2.29. The maximum Gasteiger partial charge on any atom is 0.335 e. The highest BCUT2D eigenvalue weighted by molar-refractivity contribution is 6.30. The smallest absolute Gasteiger partial charge is 0.335 e. The number of nitrogens with two attached hydrogens (primary N) is 1. The second kappa shape index (κ2) is 6.08. The predicted octanol–water partition coefficient (Wildman–Crippen LogP) is 3.75. The molecule has 128 valence electrons. The number of aryl methyl sites for hydroxylation is 1. The molecule has 1 aliphatic heterocycles. The minimum atomic E-state index is -0.545. The molecule has 0 saturated heterocycles. The topological polar surface area (TPSA) is 67.9 Å². The fourth-order valence-corrected chi connectivity index (χ4v) is 3.93. The van der Waals surface area contributed by atoms with Crippen LogP contribution in [0.15, 0.2) is 47.6 Å². The first kappa shape index (κ1) is 16.0. The van der Waals surface area contributed by atoms with E-state index in [0.717, 1.165) is 35.4 Å². The minimum absolute atomic E-state index is 0.120. The molecule has 0 unspecified atom stereocenters. The zero-order chi connectivity index (χ0) is 17.6. The van der Waals surface area contributed by atoms with Crippen LogP contribution in [0.25, 0.3) is 0 Å². The number of primary amides is 1. The van der Waals surface area contributed by atoms with Gasteiger partial charge in [0.2, 0.25) is 0 Å².